The summed E-state index contributed by atoms with van der Waals surface area (Å²) in [5, 5.41) is 0. The van der Waals surface area contributed by atoms with Gasteiger partial charge in [-0.15, -0.1) is 0 Å². The molecular weight excluding hydrogens is 126 g/mol. The van der Waals surface area contributed by atoms with Crippen molar-refractivity contribution < 1.29 is 4.79 Å². The van der Waals surface area contributed by atoms with Crippen LogP contribution in [-0.2, 0) is 4.79 Å². The molecule has 1 aliphatic carbocycles. The first kappa shape index (κ1) is 6.20. The van der Waals surface area contributed by atoms with Gasteiger partial charge in [0.15, 0.2) is 0 Å². The molecule has 56 valence electrons. The lowest BCUT2D eigenvalue weighted by Gasteiger charge is -2.15. The maximum Gasteiger partial charge on any atom is 0.219 e. The van der Waals surface area contributed by atoms with Crippen LogP contribution in [0.5, 0.6) is 0 Å². The van der Waals surface area contributed by atoms with E-state index >= 15 is 0 Å². The van der Waals surface area contributed by atoms with Crippen LogP contribution in [0.2, 0.25) is 0 Å². The van der Waals surface area contributed by atoms with E-state index in [1.165, 1.54) is 0 Å². The number of hydrogen-bond donors (Lipinski definition) is 0. The molecule has 2 rings (SSSR count). The molecule has 10 heavy (non-hydrogen) atoms. The molecule has 0 aromatic rings. The number of carbonyl (C=O) groups excluding carboxylic acids is 1. The van der Waals surface area contributed by atoms with Gasteiger partial charge in [-0.1, -0.05) is 6.92 Å². The van der Waals surface area contributed by atoms with Crippen LogP contribution in [0.25, 0.3) is 0 Å². The Labute approximate surface area is 61.2 Å². The number of fused-ring (bicyclic) bond motifs is 1. The van der Waals surface area contributed by atoms with Crippen LogP contribution in [0.1, 0.15) is 13.8 Å². The topological polar surface area (TPSA) is 20.3 Å². The Hall–Kier alpha value is -0.530. The second kappa shape index (κ2) is 1.74. The van der Waals surface area contributed by atoms with Gasteiger partial charge in [-0.25, -0.2) is 0 Å². The van der Waals surface area contributed by atoms with E-state index in [2.05, 4.69) is 6.92 Å². The zero-order valence-electron chi connectivity index (χ0n) is 6.50. The van der Waals surface area contributed by atoms with Gasteiger partial charge < -0.3 is 4.90 Å². The van der Waals surface area contributed by atoms with Crippen molar-refractivity contribution in [3.8, 4) is 0 Å². The largest absolute Gasteiger partial charge is 0.342 e. The second-order valence-corrected chi connectivity index (χ2v) is 3.61. The summed E-state index contributed by atoms with van der Waals surface area (Å²) >= 11 is 0. The lowest BCUT2D eigenvalue weighted by atomic mass is 10.3. The van der Waals surface area contributed by atoms with Gasteiger partial charge in [-0.2, -0.15) is 0 Å². The summed E-state index contributed by atoms with van der Waals surface area (Å²) in [6.07, 6.45) is 0. The molecule has 0 spiro atoms. The lowest BCUT2D eigenvalue weighted by Crippen LogP contribution is -2.28. The van der Waals surface area contributed by atoms with Crippen molar-refractivity contribution in [1.82, 2.24) is 4.90 Å². The highest BCUT2D eigenvalue weighted by Gasteiger charge is 2.53. The van der Waals surface area contributed by atoms with Gasteiger partial charge in [0, 0.05) is 20.0 Å². The highest BCUT2D eigenvalue weighted by molar-refractivity contribution is 5.73. The van der Waals surface area contributed by atoms with E-state index in [-0.39, 0.29) is 5.91 Å². The second-order valence-electron chi connectivity index (χ2n) is 3.61. The molecule has 2 nitrogen and oxygen atoms in total. The summed E-state index contributed by atoms with van der Waals surface area (Å²) in [5.74, 6) is 2.85. The van der Waals surface area contributed by atoms with Crippen LogP contribution in [-0.4, -0.2) is 23.9 Å². The Balaban J connectivity index is 1.95. The van der Waals surface area contributed by atoms with E-state index in [0.29, 0.717) is 0 Å². The quantitative estimate of drug-likeness (QED) is 0.484. The van der Waals surface area contributed by atoms with Gasteiger partial charge in [0.25, 0.3) is 0 Å². The van der Waals surface area contributed by atoms with E-state index in [4.69, 9.17) is 0 Å². The van der Waals surface area contributed by atoms with Crippen LogP contribution in [0.3, 0.4) is 0 Å². The number of likely N-dealkylation sites (tertiary alicyclic amines) is 1. The van der Waals surface area contributed by atoms with Crippen molar-refractivity contribution in [2.45, 2.75) is 13.8 Å². The molecule has 2 fully saturated rings. The molecule has 2 aliphatic rings. The molecule has 0 aromatic heterocycles. The summed E-state index contributed by atoms with van der Waals surface area (Å²) in [5.41, 5.74) is 0. The van der Waals surface area contributed by atoms with Gasteiger partial charge in [-0.3, -0.25) is 4.79 Å². The third-order valence-corrected chi connectivity index (χ3v) is 3.07. The van der Waals surface area contributed by atoms with Gasteiger partial charge in [0.05, 0.1) is 0 Å². The van der Waals surface area contributed by atoms with Crippen molar-refractivity contribution in [1.29, 1.82) is 0 Å². The lowest BCUT2D eigenvalue weighted by molar-refractivity contribution is -0.128. The predicted molar refractivity (Wildman–Crippen MR) is 38.4 cm³/mol. The van der Waals surface area contributed by atoms with Crippen molar-refractivity contribution in [3.63, 3.8) is 0 Å². The smallest absolute Gasteiger partial charge is 0.219 e. The fraction of sp³-hybridized carbons (Fsp3) is 0.875. The third-order valence-electron chi connectivity index (χ3n) is 3.07. The maximum atomic E-state index is 10.8. The zero-order valence-corrected chi connectivity index (χ0v) is 6.50. The normalized spacial score (nSPS) is 43.4. The van der Waals surface area contributed by atoms with E-state index in [1.807, 2.05) is 4.90 Å². The molecule has 0 radical (unpaired) electrons. The third kappa shape index (κ3) is 0.678. The number of amides is 1. The van der Waals surface area contributed by atoms with Gasteiger partial charge in [0.1, 0.15) is 0 Å². The molecular formula is C8H13NO. The molecule has 1 aliphatic heterocycles. The Morgan fingerprint density at radius 1 is 1.40 bits per heavy atom. The first-order chi connectivity index (χ1) is 4.70. The number of hydrogen-bond acceptors (Lipinski definition) is 1. The molecule has 1 saturated heterocycles. The molecule has 2 heteroatoms. The van der Waals surface area contributed by atoms with E-state index in [9.17, 15) is 4.79 Å². The number of rotatable bonds is 0. The minimum Gasteiger partial charge on any atom is -0.342 e. The maximum absolute atomic E-state index is 10.8. The summed E-state index contributed by atoms with van der Waals surface area (Å²) in [6, 6.07) is 0. The SMILES string of the molecule is CC(=O)N1CC2C(C)[C@H]2C1. The fourth-order valence-corrected chi connectivity index (χ4v) is 2.08. The average molecular weight is 139 g/mol. The van der Waals surface area contributed by atoms with Crippen LogP contribution >= 0.6 is 0 Å². The van der Waals surface area contributed by atoms with Crippen molar-refractivity contribution in [2.75, 3.05) is 13.1 Å². The van der Waals surface area contributed by atoms with Crippen molar-refractivity contribution in [2.24, 2.45) is 17.8 Å². The Bertz CT molecular complexity index is 166. The number of carbonyl (C=O) groups is 1. The highest BCUT2D eigenvalue weighted by atomic mass is 16.2. The fourth-order valence-electron chi connectivity index (χ4n) is 2.08. The predicted octanol–water partition coefficient (Wildman–Crippen LogP) is 0.731. The Morgan fingerprint density at radius 2 is 1.90 bits per heavy atom. The summed E-state index contributed by atoms with van der Waals surface area (Å²) in [7, 11) is 0. The highest BCUT2D eigenvalue weighted by Crippen LogP contribution is 2.50. The summed E-state index contributed by atoms with van der Waals surface area (Å²) in [4.78, 5) is 12.8. The minimum atomic E-state index is 0.249. The first-order valence-electron chi connectivity index (χ1n) is 3.95. The summed E-state index contributed by atoms with van der Waals surface area (Å²) < 4.78 is 0. The molecule has 1 saturated carbocycles. The van der Waals surface area contributed by atoms with Crippen molar-refractivity contribution in [3.05, 3.63) is 0 Å². The van der Waals surface area contributed by atoms with Crippen LogP contribution < -0.4 is 0 Å². The number of nitrogens with zero attached hydrogens (tertiary/aromatic N) is 1. The minimum absolute atomic E-state index is 0.249. The van der Waals surface area contributed by atoms with Crippen LogP contribution in [0.4, 0.5) is 0 Å². The van der Waals surface area contributed by atoms with Crippen LogP contribution in [0, 0.1) is 17.8 Å². The molecule has 0 bridgehead atoms. The Kier molecular flexibility index (Phi) is 1.08. The number of piperidine rings is 1. The van der Waals surface area contributed by atoms with E-state index < -0.39 is 0 Å². The Morgan fingerprint density at radius 3 is 2.30 bits per heavy atom. The van der Waals surface area contributed by atoms with Crippen LogP contribution in [0.15, 0.2) is 0 Å². The van der Waals surface area contributed by atoms with Gasteiger partial charge in [-0.05, 0) is 17.8 Å². The average Bonchev–Trinajstić information content (AvgIpc) is 2.38. The monoisotopic (exact) mass is 139 g/mol. The van der Waals surface area contributed by atoms with Gasteiger partial charge in [0.2, 0.25) is 5.91 Å². The zero-order chi connectivity index (χ0) is 7.30. The molecule has 0 aromatic carbocycles. The van der Waals surface area contributed by atoms with E-state index in [1.54, 1.807) is 6.92 Å². The molecule has 0 N–H and O–H groups in total. The standard InChI is InChI=1S/C8H13NO/c1-5-7-3-9(6(2)10)4-8(5)7/h5,7-8H,3-4H2,1-2H3/t5?,7-,8?/m1/s1. The molecule has 3 atom stereocenters. The molecule has 1 heterocycles. The molecule has 1 amide bonds. The first-order valence-corrected chi connectivity index (χ1v) is 3.95. The van der Waals surface area contributed by atoms with Crippen molar-refractivity contribution >= 4 is 5.91 Å². The molecule has 2 unspecified atom stereocenters. The summed E-state index contributed by atoms with van der Waals surface area (Å²) in [6.45, 7) is 6.00. The van der Waals surface area contributed by atoms with Gasteiger partial charge >= 0.3 is 0 Å². The van der Waals surface area contributed by atoms with E-state index in [0.717, 1.165) is 30.8 Å².